The van der Waals surface area contributed by atoms with Crippen LogP contribution >= 0.6 is 0 Å². The summed E-state index contributed by atoms with van der Waals surface area (Å²) in [5, 5.41) is 10.8. The van der Waals surface area contributed by atoms with Gasteiger partial charge < -0.3 is 19.5 Å². The quantitative estimate of drug-likeness (QED) is 0.693. The predicted molar refractivity (Wildman–Crippen MR) is 61.6 cm³/mol. The van der Waals surface area contributed by atoms with Gasteiger partial charge in [-0.15, -0.1) is 0 Å². The zero-order chi connectivity index (χ0) is 12.5. The molecular weight excluding hydrogens is 222 g/mol. The number of methoxy groups -OCH3 is 1. The van der Waals surface area contributed by atoms with Crippen LogP contribution < -0.4 is 0 Å². The predicted octanol–water partition coefficient (Wildman–Crippen LogP) is 0.0228. The van der Waals surface area contributed by atoms with Crippen molar-refractivity contribution in [3.05, 3.63) is 0 Å². The highest BCUT2D eigenvalue weighted by Gasteiger charge is 2.59. The molecule has 0 aliphatic carbocycles. The van der Waals surface area contributed by atoms with E-state index in [4.69, 9.17) is 9.47 Å². The topological polar surface area (TPSA) is 59.0 Å². The number of esters is 1. The van der Waals surface area contributed by atoms with Gasteiger partial charge in [-0.05, 0) is 26.3 Å². The Labute approximate surface area is 102 Å². The van der Waals surface area contributed by atoms with Crippen molar-refractivity contribution < 1.29 is 19.4 Å². The van der Waals surface area contributed by atoms with Crippen LogP contribution in [-0.4, -0.2) is 62.0 Å². The fraction of sp³-hybridized carbons (Fsp3) is 0.917. The lowest BCUT2D eigenvalue weighted by molar-refractivity contribution is -0.180. The molecule has 0 saturated carbocycles. The third-order valence-electron chi connectivity index (χ3n) is 4.30. The van der Waals surface area contributed by atoms with Gasteiger partial charge in [0.25, 0.3) is 0 Å². The van der Waals surface area contributed by atoms with Gasteiger partial charge in [-0.2, -0.15) is 0 Å². The van der Waals surface area contributed by atoms with E-state index in [-0.39, 0.29) is 12.6 Å². The molecule has 0 aromatic carbocycles. The highest BCUT2D eigenvalue weighted by atomic mass is 16.5. The number of rotatable bonds is 2. The van der Waals surface area contributed by atoms with E-state index in [0.717, 1.165) is 13.1 Å². The summed E-state index contributed by atoms with van der Waals surface area (Å²) in [5.74, 6) is -0.331. The molecule has 0 spiro atoms. The van der Waals surface area contributed by atoms with E-state index in [1.54, 1.807) is 0 Å². The second kappa shape index (κ2) is 4.55. The molecule has 5 heteroatoms. The van der Waals surface area contributed by atoms with Crippen molar-refractivity contribution >= 4 is 5.97 Å². The van der Waals surface area contributed by atoms with Gasteiger partial charge in [0.2, 0.25) is 0 Å². The molecule has 2 saturated heterocycles. The van der Waals surface area contributed by atoms with E-state index < -0.39 is 11.0 Å². The number of carbonyl (C=O) groups excluding carboxylic acids is 1. The molecule has 1 N–H and O–H groups in total. The van der Waals surface area contributed by atoms with Crippen LogP contribution in [-0.2, 0) is 14.3 Å². The molecule has 0 amide bonds. The molecule has 2 fully saturated rings. The fourth-order valence-electron chi connectivity index (χ4n) is 2.95. The molecule has 1 unspecified atom stereocenters. The van der Waals surface area contributed by atoms with Gasteiger partial charge in [-0.3, -0.25) is 4.79 Å². The van der Waals surface area contributed by atoms with Crippen molar-refractivity contribution in [1.29, 1.82) is 0 Å². The molecule has 17 heavy (non-hydrogen) atoms. The minimum Gasteiger partial charge on any atom is -0.468 e. The van der Waals surface area contributed by atoms with E-state index in [1.165, 1.54) is 7.11 Å². The van der Waals surface area contributed by atoms with Gasteiger partial charge in [0.15, 0.2) is 0 Å². The van der Waals surface area contributed by atoms with Gasteiger partial charge in [-0.25, -0.2) is 0 Å². The summed E-state index contributed by atoms with van der Waals surface area (Å²) in [6, 6.07) is 0. The number of ether oxygens (including phenoxy) is 2. The Kier molecular flexibility index (Phi) is 3.43. The zero-order valence-corrected chi connectivity index (χ0v) is 10.6. The normalized spacial score (nSPS) is 33.6. The first kappa shape index (κ1) is 12.8. The Hall–Kier alpha value is -0.650. The van der Waals surface area contributed by atoms with Crippen molar-refractivity contribution in [1.82, 2.24) is 4.90 Å². The second-order valence-electron chi connectivity index (χ2n) is 5.21. The smallest absolute Gasteiger partial charge is 0.317 e. The van der Waals surface area contributed by atoms with Crippen molar-refractivity contribution in [2.45, 2.75) is 24.9 Å². The Morgan fingerprint density at radius 3 is 2.47 bits per heavy atom. The highest BCUT2D eigenvalue weighted by molar-refractivity contribution is 5.79. The molecule has 1 atom stereocenters. The highest BCUT2D eigenvalue weighted by Crippen LogP contribution is 2.46. The fourth-order valence-corrected chi connectivity index (χ4v) is 2.95. The van der Waals surface area contributed by atoms with Gasteiger partial charge in [0.1, 0.15) is 5.41 Å². The number of hydrogen-bond acceptors (Lipinski definition) is 5. The van der Waals surface area contributed by atoms with Gasteiger partial charge in [0.05, 0.1) is 19.3 Å². The first-order valence-electron chi connectivity index (χ1n) is 6.11. The van der Waals surface area contributed by atoms with Crippen molar-refractivity contribution in [2.75, 3.05) is 40.5 Å². The summed E-state index contributed by atoms with van der Waals surface area (Å²) in [4.78, 5) is 14.2. The first-order chi connectivity index (χ1) is 8.04. The molecule has 2 aliphatic heterocycles. The number of piperidine rings is 1. The number of likely N-dealkylation sites (tertiary alicyclic amines) is 1. The van der Waals surface area contributed by atoms with Crippen LogP contribution in [0.15, 0.2) is 0 Å². The van der Waals surface area contributed by atoms with Crippen LogP contribution in [0.5, 0.6) is 0 Å². The van der Waals surface area contributed by atoms with Crippen LogP contribution in [0.2, 0.25) is 0 Å². The Balaban J connectivity index is 2.24. The largest absolute Gasteiger partial charge is 0.468 e. The van der Waals surface area contributed by atoms with E-state index in [0.29, 0.717) is 25.9 Å². The van der Waals surface area contributed by atoms with Crippen LogP contribution in [0, 0.1) is 5.41 Å². The SMILES string of the molecule is COC(=O)C1(C2(O)CCN(C)CC2)CCOC1. The van der Waals surface area contributed by atoms with E-state index in [9.17, 15) is 9.90 Å². The van der Waals surface area contributed by atoms with Crippen LogP contribution in [0.1, 0.15) is 19.3 Å². The molecule has 0 aromatic rings. The summed E-state index contributed by atoms with van der Waals surface area (Å²) in [6.45, 7) is 2.40. The lowest BCUT2D eigenvalue weighted by Gasteiger charge is -2.46. The average Bonchev–Trinajstić information content (AvgIpc) is 2.83. The maximum Gasteiger partial charge on any atom is 0.317 e. The molecule has 0 aromatic heterocycles. The third kappa shape index (κ3) is 1.96. The minimum absolute atomic E-state index is 0.278. The number of hydrogen-bond donors (Lipinski definition) is 1. The van der Waals surface area contributed by atoms with Crippen LogP contribution in [0.3, 0.4) is 0 Å². The van der Waals surface area contributed by atoms with Crippen molar-refractivity contribution in [2.24, 2.45) is 5.41 Å². The molecule has 0 radical (unpaired) electrons. The second-order valence-corrected chi connectivity index (χ2v) is 5.21. The van der Waals surface area contributed by atoms with Gasteiger partial charge >= 0.3 is 5.97 Å². The Morgan fingerprint density at radius 1 is 1.35 bits per heavy atom. The maximum absolute atomic E-state index is 12.0. The first-order valence-corrected chi connectivity index (χ1v) is 6.11. The van der Waals surface area contributed by atoms with E-state index >= 15 is 0 Å². The number of carbonyl (C=O) groups is 1. The number of nitrogens with zero attached hydrogens (tertiary/aromatic N) is 1. The number of aliphatic hydroxyl groups is 1. The lowest BCUT2D eigenvalue weighted by Crippen LogP contribution is -2.58. The monoisotopic (exact) mass is 243 g/mol. The Morgan fingerprint density at radius 2 is 2.00 bits per heavy atom. The van der Waals surface area contributed by atoms with Gasteiger partial charge in [-0.1, -0.05) is 0 Å². The summed E-state index contributed by atoms with van der Waals surface area (Å²) in [5.41, 5.74) is -1.84. The molecule has 2 heterocycles. The van der Waals surface area contributed by atoms with Crippen molar-refractivity contribution in [3.63, 3.8) is 0 Å². The molecular formula is C12H21NO4. The molecule has 2 rings (SSSR count). The lowest BCUT2D eigenvalue weighted by atomic mass is 9.66. The zero-order valence-electron chi connectivity index (χ0n) is 10.6. The molecule has 5 nitrogen and oxygen atoms in total. The molecule has 98 valence electrons. The third-order valence-corrected chi connectivity index (χ3v) is 4.30. The van der Waals surface area contributed by atoms with E-state index in [2.05, 4.69) is 4.90 Å². The van der Waals surface area contributed by atoms with Gasteiger partial charge in [0, 0.05) is 19.7 Å². The average molecular weight is 243 g/mol. The summed E-state index contributed by atoms with van der Waals surface area (Å²) in [6.07, 6.45) is 1.75. The molecule has 0 bridgehead atoms. The van der Waals surface area contributed by atoms with Crippen LogP contribution in [0.4, 0.5) is 0 Å². The standard InChI is InChI=1S/C12H21NO4/c1-13-6-3-12(15,4-7-13)11(10(14)16-2)5-8-17-9-11/h15H,3-9H2,1-2H3. The summed E-state index contributed by atoms with van der Waals surface area (Å²) in [7, 11) is 3.40. The van der Waals surface area contributed by atoms with Crippen molar-refractivity contribution in [3.8, 4) is 0 Å². The maximum atomic E-state index is 12.0. The van der Waals surface area contributed by atoms with E-state index in [1.807, 2.05) is 7.05 Å². The summed E-state index contributed by atoms with van der Waals surface area (Å²) < 4.78 is 10.2. The Bertz CT molecular complexity index is 291. The molecule has 2 aliphatic rings. The van der Waals surface area contributed by atoms with Crippen LogP contribution in [0.25, 0.3) is 0 Å². The summed E-state index contributed by atoms with van der Waals surface area (Å²) >= 11 is 0. The minimum atomic E-state index is -0.983.